The van der Waals surface area contributed by atoms with Gasteiger partial charge in [-0.2, -0.15) is 0 Å². The Balaban J connectivity index is 2.08. The quantitative estimate of drug-likeness (QED) is 0.533. The molecule has 1 aromatic rings. The average Bonchev–Trinajstić information content (AvgIpc) is 2.33. The maximum atomic E-state index is 9.64. The van der Waals surface area contributed by atoms with Gasteiger partial charge in [-0.05, 0) is 19.2 Å². The fraction of sp³-hybridized carbons (Fsp3) is 0.500. The molecule has 0 aliphatic rings. The van der Waals surface area contributed by atoms with Crippen molar-refractivity contribution in [1.82, 2.24) is 5.32 Å². The SMILES string of the molecule is CNCCOC[C@H](O)CSc1ccccc1. The summed E-state index contributed by atoms with van der Waals surface area (Å²) >= 11 is 1.65. The van der Waals surface area contributed by atoms with Crippen LogP contribution in [0.25, 0.3) is 0 Å². The summed E-state index contributed by atoms with van der Waals surface area (Å²) in [4.78, 5) is 1.18. The van der Waals surface area contributed by atoms with E-state index in [1.807, 2.05) is 37.4 Å². The molecule has 0 amide bonds. The van der Waals surface area contributed by atoms with Gasteiger partial charge in [0.1, 0.15) is 0 Å². The van der Waals surface area contributed by atoms with Crippen molar-refractivity contribution in [3.8, 4) is 0 Å². The van der Waals surface area contributed by atoms with Gasteiger partial charge in [-0.3, -0.25) is 0 Å². The summed E-state index contributed by atoms with van der Waals surface area (Å²) in [6.07, 6.45) is -0.401. The zero-order valence-electron chi connectivity index (χ0n) is 9.56. The minimum Gasteiger partial charge on any atom is -0.390 e. The van der Waals surface area contributed by atoms with E-state index in [2.05, 4.69) is 5.32 Å². The van der Waals surface area contributed by atoms with Crippen LogP contribution in [0.4, 0.5) is 0 Å². The zero-order chi connectivity index (χ0) is 11.6. The monoisotopic (exact) mass is 241 g/mol. The Morgan fingerprint density at radius 2 is 2.12 bits per heavy atom. The zero-order valence-corrected chi connectivity index (χ0v) is 10.4. The highest BCUT2D eigenvalue weighted by Gasteiger charge is 2.04. The van der Waals surface area contributed by atoms with E-state index < -0.39 is 6.10 Å². The predicted octanol–water partition coefficient (Wildman–Crippen LogP) is 1.38. The summed E-state index contributed by atoms with van der Waals surface area (Å²) in [5.41, 5.74) is 0. The van der Waals surface area contributed by atoms with E-state index in [1.165, 1.54) is 4.90 Å². The number of ether oxygens (including phenoxy) is 1. The van der Waals surface area contributed by atoms with Crippen LogP contribution in [0.3, 0.4) is 0 Å². The van der Waals surface area contributed by atoms with E-state index in [0.29, 0.717) is 19.0 Å². The van der Waals surface area contributed by atoms with Crippen LogP contribution in [-0.2, 0) is 4.74 Å². The normalized spacial score (nSPS) is 12.6. The molecule has 0 radical (unpaired) electrons. The summed E-state index contributed by atoms with van der Waals surface area (Å²) < 4.78 is 5.30. The van der Waals surface area contributed by atoms with Gasteiger partial charge in [0.05, 0.1) is 19.3 Å². The summed E-state index contributed by atoms with van der Waals surface area (Å²) in [6.45, 7) is 1.86. The number of hydrogen-bond acceptors (Lipinski definition) is 4. The Morgan fingerprint density at radius 1 is 1.38 bits per heavy atom. The van der Waals surface area contributed by atoms with E-state index >= 15 is 0 Å². The molecule has 0 saturated heterocycles. The molecule has 1 aromatic carbocycles. The first-order valence-corrected chi connectivity index (χ1v) is 6.39. The van der Waals surface area contributed by atoms with Crippen molar-refractivity contribution in [3.05, 3.63) is 30.3 Å². The maximum absolute atomic E-state index is 9.64. The van der Waals surface area contributed by atoms with Gasteiger partial charge in [0.2, 0.25) is 0 Å². The lowest BCUT2D eigenvalue weighted by molar-refractivity contribution is 0.0505. The second kappa shape index (κ2) is 8.58. The number of likely N-dealkylation sites (N-methyl/N-ethyl adjacent to an activating group) is 1. The van der Waals surface area contributed by atoms with Crippen LogP contribution in [0.2, 0.25) is 0 Å². The number of hydrogen-bond donors (Lipinski definition) is 2. The van der Waals surface area contributed by atoms with Crippen molar-refractivity contribution in [1.29, 1.82) is 0 Å². The molecule has 90 valence electrons. The van der Waals surface area contributed by atoms with Crippen LogP contribution in [0.5, 0.6) is 0 Å². The first kappa shape index (κ1) is 13.5. The highest BCUT2D eigenvalue weighted by molar-refractivity contribution is 7.99. The largest absolute Gasteiger partial charge is 0.390 e. The smallest absolute Gasteiger partial charge is 0.0867 e. The molecule has 0 unspecified atom stereocenters. The molecule has 4 heteroatoms. The maximum Gasteiger partial charge on any atom is 0.0867 e. The third kappa shape index (κ3) is 6.12. The topological polar surface area (TPSA) is 41.5 Å². The molecule has 0 aliphatic carbocycles. The minimum atomic E-state index is -0.401. The molecular formula is C12H19NO2S. The van der Waals surface area contributed by atoms with Crippen LogP contribution < -0.4 is 5.32 Å². The summed E-state index contributed by atoms with van der Waals surface area (Å²) in [5.74, 6) is 0.670. The van der Waals surface area contributed by atoms with Crippen molar-refractivity contribution in [3.63, 3.8) is 0 Å². The van der Waals surface area contributed by atoms with E-state index in [1.54, 1.807) is 11.8 Å². The molecule has 0 aliphatic heterocycles. The van der Waals surface area contributed by atoms with Crippen LogP contribution in [0.1, 0.15) is 0 Å². The molecule has 16 heavy (non-hydrogen) atoms. The van der Waals surface area contributed by atoms with Gasteiger partial charge in [-0.25, -0.2) is 0 Å². The van der Waals surface area contributed by atoms with Gasteiger partial charge in [-0.1, -0.05) is 18.2 Å². The predicted molar refractivity (Wildman–Crippen MR) is 67.9 cm³/mol. The van der Waals surface area contributed by atoms with E-state index in [9.17, 15) is 5.11 Å². The van der Waals surface area contributed by atoms with Crippen LogP contribution in [-0.4, -0.2) is 43.8 Å². The molecule has 0 saturated carbocycles. The van der Waals surface area contributed by atoms with Gasteiger partial charge < -0.3 is 15.2 Å². The number of rotatable bonds is 8. The Hall–Kier alpha value is -0.550. The lowest BCUT2D eigenvalue weighted by atomic mass is 10.4. The van der Waals surface area contributed by atoms with Crippen LogP contribution >= 0.6 is 11.8 Å². The first-order chi connectivity index (χ1) is 7.83. The van der Waals surface area contributed by atoms with Crippen molar-refractivity contribution in [2.45, 2.75) is 11.0 Å². The molecular weight excluding hydrogens is 222 g/mol. The fourth-order valence-corrected chi connectivity index (χ4v) is 1.98. The van der Waals surface area contributed by atoms with Gasteiger partial charge in [0.15, 0.2) is 0 Å². The van der Waals surface area contributed by atoms with Crippen molar-refractivity contribution in [2.75, 3.05) is 32.6 Å². The molecule has 1 rings (SSSR count). The lowest BCUT2D eigenvalue weighted by Crippen LogP contribution is -2.22. The third-order valence-corrected chi connectivity index (χ3v) is 3.15. The van der Waals surface area contributed by atoms with Gasteiger partial charge in [-0.15, -0.1) is 11.8 Å². The number of nitrogens with one attached hydrogen (secondary N) is 1. The highest BCUT2D eigenvalue weighted by Crippen LogP contribution is 2.17. The first-order valence-electron chi connectivity index (χ1n) is 5.41. The third-order valence-electron chi connectivity index (χ3n) is 1.99. The molecule has 0 heterocycles. The van der Waals surface area contributed by atoms with Crippen LogP contribution in [0, 0.1) is 0 Å². The molecule has 0 aromatic heterocycles. The van der Waals surface area contributed by atoms with E-state index in [0.717, 1.165) is 6.54 Å². The Bertz CT molecular complexity index is 269. The van der Waals surface area contributed by atoms with Crippen molar-refractivity contribution in [2.24, 2.45) is 0 Å². The average molecular weight is 241 g/mol. The molecule has 0 fully saturated rings. The number of thioether (sulfide) groups is 1. The highest BCUT2D eigenvalue weighted by atomic mass is 32.2. The summed E-state index contributed by atoms with van der Waals surface area (Å²) in [7, 11) is 1.88. The Kier molecular flexibility index (Phi) is 7.25. The molecule has 1 atom stereocenters. The van der Waals surface area contributed by atoms with Crippen LogP contribution in [0.15, 0.2) is 35.2 Å². The van der Waals surface area contributed by atoms with E-state index in [4.69, 9.17) is 4.74 Å². The van der Waals surface area contributed by atoms with Crippen molar-refractivity contribution >= 4 is 11.8 Å². The molecule has 0 bridgehead atoms. The second-order valence-electron chi connectivity index (χ2n) is 3.46. The molecule has 2 N–H and O–H groups in total. The number of benzene rings is 1. The Morgan fingerprint density at radius 3 is 2.81 bits per heavy atom. The van der Waals surface area contributed by atoms with Crippen molar-refractivity contribution < 1.29 is 9.84 Å². The number of aliphatic hydroxyl groups excluding tert-OH is 1. The molecule has 3 nitrogen and oxygen atoms in total. The number of aliphatic hydroxyl groups is 1. The second-order valence-corrected chi connectivity index (χ2v) is 4.55. The molecule has 0 spiro atoms. The fourth-order valence-electron chi connectivity index (χ4n) is 1.15. The Labute approximate surface area is 101 Å². The summed E-state index contributed by atoms with van der Waals surface area (Å²) in [5, 5.41) is 12.6. The van der Waals surface area contributed by atoms with Gasteiger partial charge >= 0.3 is 0 Å². The minimum absolute atomic E-state index is 0.401. The standard InChI is InChI=1S/C12H19NO2S/c1-13-7-8-15-9-11(14)10-16-12-5-3-2-4-6-12/h2-6,11,13-14H,7-10H2,1H3/t11-/m0/s1. The lowest BCUT2D eigenvalue weighted by Gasteiger charge is -2.10. The van der Waals surface area contributed by atoms with E-state index in [-0.39, 0.29) is 0 Å². The summed E-state index contributed by atoms with van der Waals surface area (Å²) in [6, 6.07) is 10.1. The van der Waals surface area contributed by atoms with Gasteiger partial charge in [0.25, 0.3) is 0 Å². The van der Waals surface area contributed by atoms with Gasteiger partial charge in [0, 0.05) is 17.2 Å².